The minimum absolute atomic E-state index is 0.00170. The molecule has 1 atom stereocenters. The third-order valence-electron chi connectivity index (χ3n) is 6.49. The number of Topliss-reactive ketones (excluding diaryl/α,β-unsaturated/α-hetero) is 1. The number of para-hydroxylation sites is 1. The van der Waals surface area contributed by atoms with Crippen LogP contribution in [0.3, 0.4) is 0 Å². The molecule has 0 fully saturated rings. The number of amides is 2. The fourth-order valence-corrected chi connectivity index (χ4v) is 5.02. The number of carbonyl (C=O) groups is 3. The molecule has 3 aromatic rings. The van der Waals surface area contributed by atoms with E-state index >= 15 is 0 Å². The molecule has 34 heavy (non-hydrogen) atoms. The van der Waals surface area contributed by atoms with Crippen LogP contribution in [0.5, 0.6) is 0 Å². The molecule has 7 nitrogen and oxygen atoms in total. The highest BCUT2D eigenvalue weighted by Gasteiger charge is 2.40. The summed E-state index contributed by atoms with van der Waals surface area (Å²) >= 11 is 0. The number of furan rings is 1. The van der Waals surface area contributed by atoms with Crippen molar-refractivity contribution in [3.63, 3.8) is 0 Å². The summed E-state index contributed by atoms with van der Waals surface area (Å²) < 4.78 is 20.0. The summed E-state index contributed by atoms with van der Waals surface area (Å²) in [5, 5.41) is 2.81. The molecule has 3 aliphatic heterocycles. The Labute approximate surface area is 193 Å². The molecular weight excluding hydrogens is 437 g/mol. The standard InChI is InChI=1S/C26H18FN3O4/c1-2-19(31)18-11-13-4-3-5-16-22(28-7-8-30(18)23(13)16)21-20(25(32)29-26(21)33)17-12-15(27)10-14-6-9-34-24(14)17/h3-10,12,18H,2,11H2,1H3,(H,29,32,33). The maximum absolute atomic E-state index is 14.4. The van der Waals surface area contributed by atoms with Crippen molar-refractivity contribution in [2.75, 3.05) is 4.90 Å². The molecule has 1 N–H and O–H groups in total. The number of nitrogens with zero attached hydrogens (tertiary/aromatic N) is 2. The van der Waals surface area contributed by atoms with Gasteiger partial charge >= 0.3 is 0 Å². The Morgan fingerprint density at radius 1 is 1.18 bits per heavy atom. The monoisotopic (exact) mass is 455 g/mol. The predicted molar refractivity (Wildman–Crippen MR) is 124 cm³/mol. The molecular formula is C26H18FN3O4. The molecule has 2 aromatic carbocycles. The van der Waals surface area contributed by atoms with Crippen molar-refractivity contribution in [1.29, 1.82) is 0 Å². The summed E-state index contributed by atoms with van der Waals surface area (Å²) in [4.78, 5) is 45.1. The van der Waals surface area contributed by atoms with Gasteiger partial charge in [-0.25, -0.2) is 4.39 Å². The predicted octanol–water partition coefficient (Wildman–Crippen LogP) is 3.67. The molecule has 4 heterocycles. The van der Waals surface area contributed by atoms with E-state index in [0.29, 0.717) is 29.4 Å². The topological polar surface area (TPSA) is 92.0 Å². The molecule has 0 saturated heterocycles. The van der Waals surface area contributed by atoms with Crippen molar-refractivity contribution >= 4 is 45.5 Å². The molecule has 0 aliphatic carbocycles. The van der Waals surface area contributed by atoms with Crippen molar-refractivity contribution in [3.05, 3.63) is 83.1 Å². The first-order valence-electron chi connectivity index (χ1n) is 10.9. The number of halogens is 1. The van der Waals surface area contributed by atoms with E-state index < -0.39 is 17.6 Å². The van der Waals surface area contributed by atoms with Gasteiger partial charge in [0, 0.05) is 41.8 Å². The Bertz CT molecular complexity index is 1530. The van der Waals surface area contributed by atoms with Gasteiger partial charge in [0.2, 0.25) is 0 Å². The highest BCUT2D eigenvalue weighted by Crippen LogP contribution is 2.41. The van der Waals surface area contributed by atoms with E-state index in [-0.39, 0.29) is 34.2 Å². The SMILES string of the molecule is CCC(=O)C1Cc2cccc3c2N1C=CN=C3C1=C(c2cc(F)cc3ccoc23)C(=O)NC1=O. The summed E-state index contributed by atoms with van der Waals surface area (Å²) in [6.07, 6.45) is 5.59. The first-order chi connectivity index (χ1) is 16.5. The smallest absolute Gasteiger partial charge is 0.261 e. The number of ketones is 1. The van der Waals surface area contributed by atoms with Crippen molar-refractivity contribution in [2.45, 2.75) is 25.8 Å². The number of hydrogen-bond acceptors (Lipinski definition) is 6. The summed E-state index contributed by atoms with van der Waals surface area (Å²) in [5.41, 5.74) is 3.16. The number of anilines is 1. The number of nitrogens with one attached hydrogen (secondary N) is 1. The van der Waals surface area contributed by atoms with Gasteiger partial charge in [-0.05, 0) is 23.8 Å². The lowest BCUT2D eigenvalue weighted by molar-refractivity contribution is -0.123. The number of hydrogen-bond donors (Lipinski definition) is 1. The summed E-state index contributed by atoms with van der Waals surface area (Å²) in [5.74, 6) is -1.73. The van der Waals surface area contributed by atoms with Crippen molar-refractivity contribution in [2.24, 2.45) is 4.99 Å². The van der Waals surface area contributed by atoms with Crippen molar-refractivity contribution in [3.8, 4) is 0 Å². The van der Waals surface area contributed by atoms with Gasteiger partial charge in [0.15, 0.2) is 5.78 Å². The number of rotatable bonds is 4. The van der Waals surface area contributed by atoms with E-state index in [9.17, 15) is 18.8 Å². The molecule has 8 heteroatoms. The van der Waals surface area contributed by atoms with Crippen LogP contribution in [0.25, 0.3) is 16.5 Å². The van der Waals surface area contributed by atoms with Gasteiger partial charge < -0.3 is 9.32 Å². The van der Waals surface area contributed by atoms with Crippen LogP contribution in [-0.2, 0) is 20.8 Å². The third kappa shape index (κ3) is 2.81. The highest BCUT2D eigenvalue weighted by atomic mass is 19.1. The number of carbonyl (C=O) groups excluding carboxylic acids is 3. The second-order valence-electron chi connectivity index (χ2n) is 8.36. The van der Waals surface area contributed by atoms with Crippen LogP contribution in [0.2, 0.25) is 0 Å². The number of imide groups is 1. The molecule has 0 bridgehead atoms. The molecule has 168 valence electrons. The van der Waals surface area contributed by atoms with Crippen molar-refractivity contribution < 1.29 is 23.2 Å². The van der Waals surface area contributed by atoms with Crippen LogP contribution in [0.1, 0.15) is 30.0 Å². The van der Waals surface area contributed by atoms with Crippen LogP contribution >= 0.6 is 0 Å². The lowest BCUT2D eigenvalue weighted by Gasteiger charge is -2.23. The molecule has 6 rings (SSSR count). The minimum Gasteiger partial charge on any atom is -0.464 e. The van der Waals surface area contributed by atoms with E-state index in [1.54, 1.807) is 12.3 Å². The molecule has 3 aliphatic rings. The first kappa shape index (κ1) is 20.3. The van der Waals surface area contributed by atoms with Gasteiger partial charge in [0.05, 0.1) is 34.9 Å². The highest BCUT2D eigenvalue weighted by molar-refractivity contribution is 6.48. The number of fused-ring (bicyclic) bond motifs is 1. The van der Waals surface area contributed by atoms with Gasteiger partial charge in [0.1, 0.15) is 11.4 Å². The van der Waals surface area contributed by atoms with Crippen LogP contribution in [-0.4, -0.2) is 29.4 Å². The zero-order valence-corrected chi connectivity index (χ0v) is 18.1. The summed E-state index contributed by atoms with van der Waals surface area (Å²) in [6.45, 7) is 1.83. The minimum atomic E-state index is -0.650. The van der Waals surface area contributed by atoms with E-state index in [2.05, 4.69) is 10.3 Å². The van der Waals surface area contributed by atoms with Crippen molar-refractivity contribution in [1.82, 2.24) is 5.32 Å². The van der Waals surface area contributed by atoms with Crippen LogP contribution in [0, 0.1) is 5.82 Å². The molecule has 1 unspecified atom stereocenters. The maximum atomic E-state index is 14.4. The summed E-state index contributed by atoms with van der Waals surface area (Å²) in [6, 6.07) is 9.32. The average molecular weight is 455 g/mol. The Balaban J connectivity index is 1.60. The van der Waals surface area contributed by atoms with Crippen LogP contribution in [0.15, 0.2) is 70.0 Å². The summed E-state index contributed by atoms with van der Waals surface area (Å²) in [7, 11) is 0. The molecule has 2 amide bonds. The van der Waals surface area contributed by atoms with Gasteiger partial charge in [0.25, 0.3) is 11.8 Å². The van der Waals surface area contributed by atoms with Crippen LogP contribution in [0.4, 0.5) is 10.1 Å². The van der Waals surface area contributed by atoms with E-state index in [1.165, 1.54) is 24.6 Å². The van der Waals surface area contributed by atoms with Gasteiger partial charge in [-0.1, -0.05) is 25.1 Å². The zero-order valence-electron chi connectivity index (χ0n) is 18.1. The fourth-order valence-electron chi connectivity index (χ4n) is 5.02. The number of aliphatic imine (C=N–C) groups is 1. The van der Waals surface area contributed by atoms with E-state index in [0.717, 1.165) is 11.3 Å². The Morgan fingerprint density at radius 2 is 2.00 bits per heavy atom. The zero-order chi connectivity index (χ0) is 23.6. The molecule has 0 spiro atoms. The Kier molecular flexibility index (Phi) is 4.38. The third-order valence-corrected chi connectivity index (χ3v) is 6.49. The van der Waals surface area contributed by atoms with Gasteiger partial charge in [-0.15, -0.1) is 0 Å². The lowest BCUT2D eigenvalue weighted by atomic mass is 9.92. The largest absolute Gasteiger partial charge is 0.464 e. The second kappa shape index (κ2) is 7.34. The normalized spacial score (nSPS) is 18.9. The lowest BCUT2D eigenvalue weighted by Crippen LogP contribution is -2.34. The van der Waals surface area contributed by atoms with E-state index in [1.807, 2.05) is 30.0 Å². The Morgan fingerprint density at radius 3 is 2.82 bits per heavy atom. The molecule has 0 saturated carbocycles. The first-order valence-corrected chi connectivity index (χ1v) is 10.9. The van der Waals surface area contributed by atoms with Gasteiger partial charge in [-0.3, -0.25) is 24.7 Å². The van der Waals surface area contributed by atoms with Crippen LogP contribution < -0.4 is 10.2 Å². The van der Waals surface area contributed by atoms with E-state index in [4.69, 9.17) is 4.42 Å². The fraction of sp³-hybridized carbons (Fsp3) is 0.154. The second-order valence-corrected chi connectivity index (χ2v) is 8.36. The quantitative estimate of drug-likeness (QED) is 0.606. The molecule has 1 aromatic heterocycles. The maximum Gasteiger partial charge on any atom is 0.261 e. The number of benzene rings is 2. The molecule has 0 radical (unpaired) electrons. The average Bonchev–Trinajstić information content (AvgIpc) is 3.47. The van der Waals surface area contributed by atoms with Gasteiger partial charge in [-0.2, -0.15) is 0 Å². The Hall–Kier alpha value is -4.33.